The molecule has 3 rings (SSSR count). The van der Waals surface area contributed by atoms with Gasteiger partial charge in [-0.15, -0.1) is 0 Å². The van der Waals surface area contributed by atoms with E-state index in [1.165, 1.54) is 15.6 Å². The molecule has 0 aliphatic rings. The van der Waals surface area contributed by atoms with Gasteiger partial charge >= 0.3 is 0 Å². The lowest BCUT2D eigenvalue weighted by Crippen LogP contribution is -2.27. The van der Waals surface area contributed by atoms with Crippen LogP contribution in [0, 0.1) is 12.7 Å². The Morgan fingerprint density at radius 3 is 2.48 bits per heavy atom. The maximum atomic E-state index is 13.8. The number of hydrogen-bond donors (Lipinski definition) is 0. The predicted molar refractivity (Wildman–Crippen MR) is 95.5 cm³/mol. The quantitative estimate of drug-likeness (QED) is 0.700. The van der Waals surface area contributed by atoms with Gasteiger partial charge in [0.25, 0.3) is 5.91 Å². The molecule has 1 amide bonds. The van der Waals surface area contributed by atoms with Crippen LogP contribution < -0.4 is 0 Å². The highest BCUT2D eigenvalue weighted by atomic mass is 35.5. The molecule has 0 radical (unpaired) electrons. The third-order valence-electron chi connectivity index (χ3n) is 3.93. The standard InChI is InChI=1S/C19H17ClFN3O/c1-13-17(18(20)24(22-13)15-9-4-3-5-10-15)19(25)23(2)12-14-8-6-7-11-16(14)21/h3-11H,12H2,1-2H3. The molecule has 0 aliphatic carbocycles. The highest BCUT2D eigenvalue weighted by Crippen LogP contribution is 2.25. The van der Waals surface area contributed by atoms with Gasteiger partial charge in [-0.2, -0.15) is 5.10 Å². The molecular weight excluding hydrogens is 341 g/mol. The molecule has 3 aromatic rings. The van der Waals surface area contributed by atoms with Crippen molar-refractivity contribution in [2.75, 3.05) is 7.05 Å². The minimum absolute atomic E-state index is 0.151. The summed E-state index contributed by atoms with van der Waals surface area (Å²) in [5.41, 5.74) is 2.07. The lowest BCUT2D eigenvalue weighted by molar-refractivity contribution is 0.0783. The van der Waals surface area contributed by atoms with Gasteiger partial charge in [0.1, 0.15) is 11.0 Å². The Bertz CT molecular complexity index is 908. The molecule has 0 unspecified atom stereocenters. The number of halogens is 2. The average molecular weight is 358 g/mol. The molecule has 0 bridgehead atoms. The summed E-state index contributed by atoms with van der Waals surface area (Å²) in [6.45, 7) is 1.88. The predicted octanol–water partition coefficient (Wildman–Crippen LogP) is 4.25. The summed E-state index contributed by atoms with van der Waals surface area (Å²) in [7, 11) is 1.62. The molecule has 1 heterocycles. The van der Waals surface area contributed by atoms with Crippen LogP contribution >= 0.6 is 11.6 Å². The van der Waals surface area contributed by atoms with E-state index in [4.69, 9.17) is 11.6 Å². The Morgan fingerprint density at radius 2 is 1.80 bits per heavy atom. The number of rotatable bonds is 4. The molecule has 2 aromatic carbocycles. The fourth-order valence-electron chi connectivity index (χ4n) is 2.63. The van der Waals surface area contributed by atoms with Crippen molar-refractivity contribution < 1.29 is 9.18 Å². The summed E-state index contributed by atoms with van der Waals surface area (Å²) in [6, 6.07) is 15.7. The first kappa shape index (κ1) is 17.2. The highest BCUT2D eigenvalue weighted by Gasteiger charge is 2.24. The van der Waals surface area contributed by atoms with E-state index in [2.05, 4.69) is 5.10 Å². The number of amides is 1. The molecule has 0 saturated carbocycles. The van der Waals surface area contributed by atoms with Gasteiger partial charge in [0.15, 0.2) is 0 Å². The summed E-state index contributed by atoms with van der Waals surface area (Å²) in [5, 5.41) is 4.62. The van der Waals surface area contributed by atoms with Crippen LogP contribution in [-0.4, -0.2) is 27.6 Å². The van der Waals surface area contributed by atoms with Crippen molar-refractivity contribution in [1.29, 1.82) is 0 Å². The van der Waals surface area contributed by atoms with Gasteiger partial charge in [0.05, 0.1) is 16.9 Å². The lowest BCUT2D eigenvalue weighted by atomic mass is 10.2. The average Bonchev–Trinajstić information content (AvgIpc) is 2.91. The summed E-state index contributed by atoms with van der Waals surface area (Å²) < 4.78 is 15.3. The van der Waals surface area contributed by atoms with Crippen molar-refractivity contribution >= 4 is 17.5 Å². The lowest BCUT2D eigenvalue weighted by Gasteiger charge is -2.17. The maximum Gasteiger partial charge on any atom is 0.258 e. The van der Waals surface area contributed by atoms with Gasteiger partial charge < -0.3 is 4.90 Å². The molecule has 0 atom stereocenters. The van der Waals surface area contributed by atoms with Crippen molar-refractivity contribution in [3.63, 3.8) is 0 Å². The van der Waals surface area contributed by atoms with Crippen molar-refractivity contribution in [3.05, 3.63) is 82.4 Å². The Morgan fingerprint density at radius 1 is 1.16 bits per heavy atom. The SMILES string of the molecule is Cc1nn(-c2ccccc2)c(Cl)c1C(=O)N(C)Cc1ccccc1F. The van der Waals surface area contributed by atoms with Gasteiger partial charge in [-0.25, -0.2) is 9.07 Å². The number of carbonyl (C=O) groups excluding carboxylic acids is 1. The zero-order chi connectivity index (χ0) is 18.0. The van der Waals surface area contributed by atoms with Crippen molar-refractivity contribution in [3.8, 4) is 5.69 Å². The number of carbonyl (C=O) groups is 1. The Hall–Kier alpha value is -2.66. The van der Waals surface area contributed by atoms with Crippen LogP contribution in [-0.2, 0) is 6.54 Å². The fraction of sp³-hybridized carbons (Fsp3) is 0.158. The van der Waals surface area contributed by atoms with Gasteiger partial charge in [-0.05, 0) is 25.1 Å². The normalized spacial score (nSPS) is 10.7. The van der Waals surface area contributed by atoms with Crippen LogP contribution in [0.5, 0.6) is 0 Å². The molecule has 0 saturated heterocycles. The van der Waals surface area contributed by atoms with Crippen LogP contribution in [0.1, 0.15) is 21.6 Å². The van der Waals surface area contributed by atoms with E-state index in [9.17, 15) is 9.18 Å². The largest absolute Gasteiger partial charge is 0.337 e. The molecule has 0 fully saturated rings. The number of hydrogen-bond acceptors (Lipinski definition) is 2. The molecule has 4 nitrogen and oxygen atoms in total. The number of benzene rings is 2. The summed E-state index contributed by atoms with van der Waals surface area (Å²) >= 11 is 6.42. The Balaban J connectivity index is 1.90. The van der Waals surface area contributed by atoms with Gasteiger partial charge in [-0.1, -0.05) is 48.0 Å². The van der Waals surface area contributed by atoms with E-state index >= 15 is 0 Å². The molecule has 0 aliphatic heterocycles. The number of aromatic nitrogens is 2. The van der Waals surface area contributed by atoms with Crippen LogP contribution in [0.3, 0.4) is 0 Å². The minimum Gasteiger partial charge on any atom is -0.337 e. The molecule has 0 spiro atoms. The zero-order valence-electron chi connectivity index (χ0n) is 13.9. The topological polar surface area (TPSA) is 38.1 Å². The van der Waals surface area contributed by atoms with Crippen molar-refractivity contribution in [2.45, 2.75) is 13.5 Å². The first-order valence-corrected chi connectivity index (χ1v) is 8.16. The summed E-state index contributed by atoms with van der Waals surface area (Å²) in [5.74, 6) is -0.641. The van der Waals surface area contributed by atoms with E-state index in [-0.39, 0.29) is 23.4 Å². The second-order valence-corrected chi connectivity index (χ2v) is 6.11. The Kier molecular flexibility index (Phi) is 4.86. The smallest absolute Gasteiger partial charge is 0.258 e. The Labute approximate surface area is 150 Å². The van der Waals surface area contributed by atoms with Gasteiger partial charge in [0.2, 0.25) is 0 Å². The summed E-state index contributed by atoms with van der Waals surface area (Å²) in [6.07, 6.45) is 0. The molecule has 0 N–H and O–H groups in total. The number of nitrogens with zero attached hydrogens (tertiary/aromatic N) is 3. The van der Waals surface area contributed by atoms with E-state index in [0.29, 0.717) is 16.8 Å². The summed E-state index contributed by atoms with van der Waals surface area (Å²) in [4.78, 5) is 14.2. The van der Waals surface area contributed by atoms with Crippen LogP contribution in [0.15, 0.2) is 54.6 Å². The molecule has 1 aromatic heterocycles. The fourth-order valence-corrected chi connectivity index (χ4v) is 2.98. The van der Waals surface area contributed by atoms with Gasteiger partial charge in [0, 0.05) is 19.2 Å². The minimum atomic E-state index is -0.343. The van der Waals surface area contributed by atoms with E-state index in [0.717, 1.165) is 5.69 Å². The van der Waals surface area contributed by atoms with Crippen LogP contribution in [0.25, 0.3) is 5.69 Å². The third kappa shape index (κ3) is 3.42. The monoisotopic (exact) mass is 357 g/mol. The van der Waals surface area contributed by atoms with Gasteiger partial charge in [-0.3, -0.25) is 4.79 Å². The molecule has 6 heteroatoms. The highest BCUT2D eigenvalue weighted by molar-refractivity contribution is 6.33. The zero-order valence-corrected chi connectivity index (χ0v) is 14.7. The second kappa shape index (κ2) is 7.07. The molecular formula is C19H17ClFN3O. The van der Waals surface area contributed by atoms with E-state index in [1.807, 2.05) is 30.3 Å². The van der Waals surface area contributed by atoms with E-state index < -0.39 is 0 Å². The molecule has 128 valence electrons. The van der Waals surface area contributed by atoms with Crippen LogP contribution in [0.4, 0.5) is 4.39 Å². The maximum absolute atomic E-state index is 13.8. The van der Waals surface area contributed by atoms with E-state index in [1.54, 1.807) is 32.2 Å². The third-order valence-corrected chi connectivity index (χ3v) is 4.28. The van der Waals surface area contributed by atoms with Crippen LogP contribution in [0.2, 0.25) is 5.15 Å². The number of para-hydroxylation sites is 1. The van der Waals surface area contributed by atoms with Crippen molar-refractivity contribution in [2.24, 2.45) is 0 Å². The first-order valence-electron chi connectivity index (χ1n) is 7.78. The second-order valence-electron chi connectivity index (χ2n) is 5.75. The first-order chi connectivity index (χ1) is 12.0. The molecule has 25 heavy (non-hydrogen) atoms. The van der Waals surface area contributed by atoms with Crippen molar-refractivity contribution in [1.82, 2.24) is 14.7 Å². The number of aryl methyl sites for hydroxylation is 1.